The molecule has 3 aromatic rings. The van der Waals surface area contributed by atoms with E-state index in [0.717, 1.165) is 12.2 Å². The number of nitrogens with one attached hydrogen (secondary N) is 1. The third kappa shape index (κ3) is 3.59. The molecule has 30 heavy (non-hydrogen) atoms. The van der Waals surface area contributed by atoms with Gasteiger partial charge in [0.2, 0.25) is 0 Å². The highest BCUT2D eigenvalue weighted by Crippen LogP contribution is 2.26. The first-order valence-electron chi connectivity index (χ1n) is 10.1. The molecule has 8 heteroatoms. The number of pyridine rings is 1. The zero-order chi connectivity index (χ0) is 20.5. The molecule has 5 rings (SSSR count). The summed E-state index contributed by atoms with van der Waals surface area (Å²) in [5, 5.41) is 6.76. The van der Waals surface area contributed by atoms with Crippen molar-refractivity contribution in [3.63, 3.8) is 0 Å². The van der Waals surface area contributed by atoms with E-state index in [9.17, 15) is 9.59 Å². The molecule has 0 unspecified atom stereocenters. The van der Waals surface area contributed by atoms with E-state index in [1.165, 1.54) is 15.6 Å². The number of nitrogens with zero attached hydrogens (tertiary/aromatic N) is 3. The number of carbonyl (C=O) groups excluding carboxylic acids is 2. The molecule has 2 fully saturated rings. The van der Waals surface area contributed by atoms with Gasteiger partial charge in [0, 0.05) is 30.5 Å². The van der Waals surface area contributed by atoms with E-state index >= 15 is 0 Å². The van der Waals surface area contributed by atoms with Crippen molar-refractivity contribution in [3.8, 4) is 0 Å². The molecule has 2 aliphatic heterocycles. The van der Waals surface area contributed by atoms with Crippen LogP contribution in [0.2, 0.25) is 0 Å². The van der Waals surface area contributed by atoms with Crippen molar-refractivity contribution in [2.75, 3.05) is 31.6 Å². The van der Waals surface area contributed by atoms with Gasteiger partial charge in [-0.15, -0.1) is 11.3 Å². The van der Waals surface area contributed by atoms with Gasteiger partial charge in [-0.2, -0.15) is 0 Å². The Morgan fingerprint density at radius 3 is 2.93 bits per heavy atom. The highest BCUT2D eigenvalue weighted by atomic mass is 32.1. The Labute approximate surface area is 178 Å². The van der Waals surface area contributed by atoms with Crippen molar-refractivity contribution in [3.05, 3.63) is 59.1 Å². The summed E-state index contributed by atoms with van der Waals surface area (Å²) in [5.74, 6) is 0.689. The van der Waals surface area contributed by atoms with Gasteiger partial charge in [0.25, 0.3) is 5.91 Å². The number of likely N-dealkylation sites (tertiary alicyclic amines) is 1. The predicted molar refractivity (Wildman–Crippen MR) is 116 cm³/mol. The van der Waals surface area contributed by atoms with Crippen molar-refractivity contribution >= 4 is 39.2 Å². The summed E-state index contributed by atoms with van der Waals surface area (Å²) in [7, 11) is 0. The smallest absolute Gasteiger partial charge is 0.410 e. The summed E-state index contributed by atoms with van der Waals surface area (Å²) in [6.07, 6.45) is 2.13. The fraction of sp³-hybridized carbons (Fsp3) is 0.318. The zero-order valence-corrected chi connectivity index (χ0v) is 17.2. The van der Waals surface area contributed by atoms with Crippen LogP contribution in [0, 0.1) is 0 Å². The van der Waals surface area contributed by atoms with Crippen molar-refractivity contribution in [1.82, 2.24) is 14.8 Å². The third-order valence-electron chi connectivity index (χ3n) is 5.72. The minimum absolute atomic E-state index is 0.0401. The molecule has 0 bridgehead atoms. The summed E-state index contributed by atoms with van der Waals surface area (Å²) in [4.78, 5) is 32.5. The summed E-state index contributed by atoms with van der Waals surface area (Å²) in [6.45, 7) is 2.90. The summed E-state index contributed by atoms with van der Waals surface area (Å²) in [5.41, 5.74) is 1.80. The van der Waals surface area contributed by atoms with Gasteiger partial charge in [0.1, 0.15) is 12.4 Å². The van der Waals surface area contributed by atoms with Gasteiger partial charge in [-0.25, -0.2) is 9.78 Å². The van der Waals surface area contributed by atoms with Crippen LogP contribution in [0.4, 0.5) is 10.6 Å². The highest BCUT2D eigenvalue weighted by molar-refractivity contribution is 7.17. The number of benzene rings is 1. The van der Waals surface area contributed by atoms with Crippen molar-refractivity contribution in [1.29, 1.82) is 0 Å². The second kappa shape index (κ2) is 7.95. The lowest BCUT2D eigenvalue weighted by molar-refractivity contribution is 0.0779. The number of ether oxygens (including phenoxy) is 1. The first-order valence-corrected chi connectivity index (χ1v) is 10.9. The summed E-state index contributed by atoms with van der Waals surface area (Å²) >= 11 is 1.74. The van der Waals surface area contributed by atoms with Crippen molar-refractivity contribution in [2.24, 2.45) is 0 Å². The minimum Gasteiger partial charge on any atom is -0.448 e. The van der Waals surface area contributed by atoms with Gasteiger partial charge < -0.3 is 15.0 Å². The van der Waals surface area contributed by atoms with Crippen LogP contribution in [0.3, 0.4) is 0 Å². The fourth-order valence-electron chi connectivity index (χ4n) is 4.08. The Morgan fingerprint density at radius 1 is 1.23 bits per heavy atom. The van der Waals surface area contributed by atoms with E-state index in [0.29, 0.717) is 38.3 Å². The number of hydrogen-bond acceptors (Lipinski definition) is 6. The Balaban J connectivity index is 1.19. The Bertz CT molecular complexity index is 1080. The molecule has 4 heterocycles. The molecular formula is C22H22N4O3S. The van der Waals surface area contributed by atoms with Gasteiger partial charge in [-0.3, -0.25) is 9.69 Å². The van der Waals surface area contributed by atoms with Gasteiger partial charge in [-0.05, 0) is 40.9 Å². The van der Waals surface area contributed by atoms with Gasteiger partial charge in [0.05, 0.1) is 18.2 Å². The number of aromatic nitrogens is 1. The number of thiophene rings is 1. The molecule has 0 spiro atoms. The first-order chi connectivity index (χ1) is 14.7. The molecule has 2 amide bonds. The fourth-order valence-corrected chi connectivity index (χ4v) is 5.04. The van der Waals surface area contributed by atoms with Crippen LogP contribution in [0.1, 0.15) is 22.3 Å². The largest absolute Gasteiger partial charge is 0.448 e. The number of fused-ring (bicyclic) bond motifs is 1. The second-order valence-electron chi connectivity index (χ2n) is 7.54. The van der Waals surface area contributed by atoms with Gasteiger partial charge in [0.15, 0.2) is 0 Å². The average Bonchev–Trinajstić information content (AvgIpc) is 3.51. The topological polar surface area (TPSA) is 74.8 Å². The van der Waals surface area contributed by atoms with E-state index in [1.807, 2.05) is 18.2 Å². The standard InChI is InChI=1S/C22H22N4O3S/c27-21(25-8-7-17(13-25)26-9-10-29-22(26)28)15-5-6-20(23-11-15)24-12-16-14-30-19-4-2-1-3-18(16)19/h1-6,11,14,17H,7-10,12-13H2,(H,23,24)/t17-/m0/s1. The molecule has 0 saturated carbocycles. The molecule has 2 saturated heterocycles. The number of carbonyl (C=O) groups is 2. The second-order valence-corrected chi connectivity index (χ2v) is 8.46. The number of hydrogen-bond donors (Lipinski definition) is 1. The highest BCUT2D eigenvalue weighted by Gasteiger charge is 2.36. The van der Waals surface area contributed by atoms with E-state index in [4.69, 9.17) is 4.74 Å². The average molecular weight is 423 g/mol. The monoisotopic (exact) mass is 422 g/mol. The number of rotatable bonds is 5. The molecule has 0 aliphatic carbocycles. The maximum atomic E-state index is 12.8. The SMILES string of the molecule is O=C(c1ccc(NCc2csc3ccccc23)nc1)N1CC[C@H](N2CCOC2=O)C1. The Hall–Kier alpha value is -3.13. The lowest BCUT2D eigenvalue weighted by Crippen LogP contribution is -2.39. The normalized spacial score (nSPS) is 18.8. The van der Waals surface area contributed by atoms with E-state index in [-0.39, 0.29) is 18.0 Å². The molecule has 2 aliphatic rings. The lowest BCUT2D eigenvalue weighted by Gasteiger charge is -2.21. The number of amides is 2. The minimum atomic E-state index is -0.273. The van der Waals surface area contributed by atoms with Crippen LogP contribution in [-0.4, -0.2) is 59.1 Å². The van der Waals surface area contributed by atoms with E-state index in [2.05, 4.69) is 27.8 Å². The molecule has 0 radical (unpaired) electrons. The zero-order valence-electron chi connectivity index (χ0n) is 16.4. The first kappa shape index (κ1) is 18.9. The lowest BCUT2D eigenvalue weighted by atomic mass is 10.2. The van der Waals surface area contributed by atoms with Crippen molar-refractivity contribution < 1.29 is 14.3 Å². The van der Waals surface area contributed by atoms with Crippen LogP contribution in [0.15, 0.2) is 48.0 Å². The maximum absolute atomic E-state index is 12.8. The van der Waals surface area contributed by atoms with Gasteiger partial charge in [-0.1, -0.05) is 18.2 Å². The maximum Gasteiger partial charge on any atom is 0.410 e. The summed E-state index contributed by atoms with van der Waals surface area (Å²) < 4.78 is 6.28. The molecule has 1 atom stereocenters. The Kier molecular flexibility index (Phi) is 5.00. The van der Waals surface area contributed by atoms with Crippen LogP contribution in [0.5, 0.6) is 0 Å². The molecule has 1 N–H and O–H groups in total. The summed E-state index contributed by atoms with van der Waals surface area (Å²) in [6, 6.07) is 12.0. The number of cyclic esters (lactones) is 1. The molecule has 1 aromatic carbocycles. The van der Waals surface area contributed by atoms with Gasteiger partial charge >= 0.3 is 6.09 Å². The van der Waals surface area contributed by atoms with E-state index in [1.54, 1.807) is 33.4 Å². The Morgan fingerprint density at radius 2 is 2.13 bits per heavy atom. The quantitative estimate of drug-likeness (QED) is 0.680. The van der Waals surface area contributed by atoms with Crippen LogP contribution >= 0.6 is 11.3 Å². The molecule has 154 valence electrons. The molecule has 7 nitrogen and oxygen atoms in total. The predicted octanol–water partition coefficient (Wildman–Crippen LogP) is 3.58. The van der Waals surface area contributed by atoms with Crippen LogP contribution in [0.25, 0.3) is 10.1 Å². The molecular weight excluding hydrogens is 400 g/mol. The molecule has 2 aromatic heterocycles. The number of anilines is 1. The van der Waals surface area contributed by atoms with Crippen LogP contribution in [-0.2, 0) is 11.3 Å². The van der Waals surface area contributed by atoms with E-state index < -0.39 is 0 Å². The van der Waals surface area contributed by atoms with Crippen LogP contribution < -0.4 is 5.32 Å². The third-order valence-corrected chi connectivity index (χ3v) is 6.73. The van der Waals surface area contributed by atoms with Crippen molar-refractivity contribution in [2.45, 2.75) is 19.0 Å².